The summed E-state index contributed by atoms with van der Waals surface area (Å²) < 4.78 is 9.95. The average molecular weight is 293 g/mol. The van der Waals surface area contributed by atoms with E-state index >= 15 is 0 Å². The van der Waals surface area contributed by atoms with E-state index < -0.39 is 23.7 Å². The van der Waals surface area contributed by atoms with Crippen LogP contribution in [0.25, 0.3) is 0 Å². The Balaban J connectivity index is 2.05. The van der Waals surface area contributed by atoms with Crippen LogP contribution < -0.4 is 0 Å². The van der Waals surface area contributed by atoms with Crippen molar-refractivity contribution in [3.63, 3.8) is 0 Å². The lowest BCUT2D eigenvalue weighted by Gasteiger charge is -2.31. The number of hydrogen-bond acceptors (Lipinski definition) is 5. The minimum Gasteiger partial charge on any atom is -0.467 e. The first kappa shape index (κ1) is 15.3. The predicted molar refractivity (Wildman–Crippen MR) is 74.4 cm³/mol. The Kier molecular flexibility index (Phi) is 4.47. The van der Waals surface area contributed by atoms with Gasteiger partial charge in [-0.25, -0.2) is 9.59 Å². The van der Waals surface area contributed by atoms with Gasteiger partial charge in [-0.3, -0.25) is 4.90 Å². The summed E-state index contributed by atoms with van der Waals surface area (Å²) in [5.74, 6) is -0.560. The molecule has 1 N–H and O–H groups in total. The molecule has 114 valence electrons. The van der Waals surface area contributed by atoms with E-state index in [1.807, 2.05) is 30.3 Å². The van der Waals surface area contributed by atoms with Crippen LogP contribution in [0.15, 0.2) is 30.3 Å². The van der Waals surface area contributed by atoms with Gasteiger partial charge in [-0.1, -0.05) is 30.3 Å². The van der Waals surface area contributed by atoms with Gasteiger partial charge >= 0.3 is 12.1 Å². The van der Waals surface area contributed by atoms with Gasteiger partial charge in [0.15, 0.2) is 0 Å². The zero-order valence-corrected chi connectivity index (χ0v) is 12.1. The highest BCUT2D eigenvalue weighted by Gasteiger charge is 2.51. The van der Waals surface area contributed by atoms with Crippen LogP contribution in [-0.2, 0) is 20.9 Å². The molecule has 1 heterocycles. The minimum absolute atomic E-state index is 0.0548. The molecule has 0 radical (unpaired) electrons. The van der Waals surface area contributed by atoms with E-state index in [0.717, 1.165) is 5.56 Å². The number of carbonyl (C=O) groups excluding carboxylic acids is 2. The number of aliphatic hydroxyl groups excluding tert-OH is 1. The lowest BCUT2D eigenvalue weighted by Crippen LogP contribution is -2.51. The van der Waals surface area contributed by atoms with Crippen LogP contribution in [0.3, 0.4) is 0 Å². The first-order valence-corrected chi connectivity index (χ1v) is 6.72. The number of nitrogens with zero attached hydrogens (tertiary/aromatic N) is 1. The van der Waals surface area contributed by atoms with Crippen LogP contribution in [0.4, 0.5) is 4.79 Å². The van der Waals surface area contributed by atoms with Crippen molar-refractivity contribution in [3.8, 4) is 0 Å². The highest BCUT2D eigenvalue weighted by atomic mass is 16.6. The number of benzene rings is 1. The molecule has 6 nitrogen and oxygen atoms in total. The molecule has 1 saturated heterocycles. The summed E-state index contributed by atoms with van der Waals surface area (Å²) in [6.45, 7) is 1.74. The van der Waals surface area contributed by atoms with Crippen molar-refractivity contribution >= 4 is 12.1 Å². The number of amides is 1. The molecule has 1 aromatic rings. The molecule has 1 amide bonds. The maximum atomic E-state index is 12.2. The minimum atomic E-state index is -1.19. The molecule has 0 aliphatic carbocycles. The van der Waals surface area contributed by atoms with Gasteiger partial charge in [0.25, 0.3) is 0 Å². The summed E-state index contributed by atoms with van der Waals surface area (Å²) in [4.78, 5) is 25.3. The van der Waals surface area contributed by atoms with Gasteiger partial charge in [-0.05, 0) is 12.5 Å². The summed E-state index contributed by atoms with van der Waals surface area (Å²) in [6.07, 6.45) is -1.26. The summed E-state index contributed by atoms with van der Waals surface area (Å²) in [5, 5.41) is 9.76. The molecule has 0 aromatic heterocycles. The van der Waals surface area contributed by atoms with Gasteiger partial charge in [-0.2, -0.15) is 0 Å². The number of hydrogen-bond donors (Lipinski definition) is 1. The quantitative estimate of drug-likeness (QED) is 0.851. The van der Waals surface area contributed by atoms with Crippen molar-refractivity contribution in [1.29, 1.82) is 0 Å². The normalized spacial score (nSPS) is 24.7. The fourth-order valence-electron chi connectivity index (χ4n) is 2.53. The van der Waals surface area contributed by atoms with Crippen molar-refractivity contribution in [2.24, 2.45) is 0 Å². The zero-order chi connectivity index (χ0) is 15.5. The molecule has 0 saturated carbocycles. The van der Waals surface area contributed by atoms with E-state index in [1.165, 1.54) is 12.0 Å². The predicted octanol–water partition coefficient (Wildman–Crippen LogP) is 1.32. The molecule has 1 aliphatic rings. The van der Waals surface area contributed by atoms with Crippen molar-refractivity contribution in [2.45, 2.75) is 31.6 Å². The summed E-state index contributed by atoms with van der Waals surface area (Å²) in [6, 6.07) is 9.25. The largest absolute Gasteiger partial charge is 0.467 e. The van der Waals surface area contributed by atoms with E-state index in [0.29, 0.717) is 0 Å². The smallest absolute Gasteiger partial charge is 0.411 e. The Morgan fingerprint density at radius 3 is 2.67 bits per heavy atom. The molecule has 1 fully saturated rings. The van der Waals surface area contributed by atoms with E-state index in [9.17, 15) is 14.7 Å². The third-order valence-corrected chi connectivity index (χ3v) is 3.67. The summed E-state index contributed by atoms with van der Waals surface area (Å²) in [5.41, 5.74) is -0.340. The summed E-state index contributed by atoms with van der Waals surface area (Å²) in [7, 11) is 1.26. The lowest BCUT2D eigenvalue weighted by atomic mass is 9.99. The molecular formula is C15H19NO5. The van der Waals surface area contributed by atoms with Crippen LogP contribution in [0.2, 0.25) is 0 Å². The third-order valence-electron chi connectivity index (χ3n) is 3.67. The molecule has 2 atom stereocenters. The molecule has 6 heteroatoms. The topological polar surface area (TPSA) is 76.1 Å². The average Bonchev–Trinajstić information content (AvgIpc) is 2.81. The number of ether oxygens (including phenoxy) is 2. The zero-order valence-electron chi connectivity index (χ0n) is 12.1. The fraction of sp³-hybridized carbons (Fsp3) is 0.467. The van der Waals surface area contributed by atoms with E-state index in [4.69, 9.17) is 9.47 Å². The van der Waals surface area contributed by atoms with Crippen LogP contribution in [-0.4, -0.2) is 47.4 Å². The van der Waals surface area contributed by atoms with Gasteiger partial charge in [0, 0.05) is 6.42 Å². The highest BCUT2D eigenvalue weighted by molar-refractivity contribution is 5.86. The second kappa shape index (κ2) is 6.13. The first-order valence-electron chi connectivity index (χ1n) is 6.72. The maximum Gasteiger partial charge on any atom is 0.411 e. The second-order valence-electron chi connectivity index (χ2n) is 5.27. The third kappa shape index (κ3) is 3.16. The van der Waals surface area contributed by atoms with E-state index in [-0.39, 0.29) is 19.6 Å². The number of β-amino-alcohol motifs (C(OH)–C–C–N with tert-alkyl or cyclic N) is 1. The highest BCUT2D eigenvalue weighted by Crippen LogP contribution is 2.31. The van der Waals surface area contributed by atoms with Crippen LogP contribution in [0, 0.1) is 0 Å². The maximum absolute atomic E-state index is 12.2. The Morgan fingerprint density at radius 2 is 2.05 bits per heavy atom. The fourth-order valence-corrected chi connectivity index (χ4v) is 2.53. The van der Waals surface area contributed by atoms with Crippen molar-refractivity contribution in [2.75, 3.05) is 13.7 Å². The van der Waals surface area contributed by atoms with Gasteiger partial charge < -0.3 is 14.6 Å². The Morgan fingerprint density at radius 1 is 1.38 bits per heavy atom. The standard InChI is InChI=1S/C15H19NO5/c1-15(13(18)20-2)8-12(17)9-16(15)14(19)21-10-11-6-4-3-5-7-11/h3-7,12,17H,8-10H2,1-2H3. The molecule has 1 aromatic carbocycles. The Hall–Kier alpha value is -2.08. The summed E-state index contributed by atoms with van der Waals surface area (Å²) >= 11 is 0. The molecular weight excluding hydrogens is 274 g/mol. The number of aliphatic hydroxyl groups is 1. The first-order chi connectivity index (χ1) is 9.97. The lowest BCUT2D eigenvalue weighted by molar-refractivity contribution is -0.151. The number of likely N-dealkylation sites (tertiary alicyclic amines) is 1. The Bertz CT molecular complexity index is 518. The van der Waals surface area contributed by atoms with Crippen LogP contribution in [0.5, 0.6) is 0 Å². The number of carbonyl (C=O) groups is 2. The number of esters is 1. The van der Waals surface area contributed by atoms with Gasteiger partial charge in [-0.15, -0.1) is 0 Å². The second-order valence-corrected chi connectivity index (χ2v) is 5.27. The molecule has 0 spiro atoms. The van der Waals surface area contributed by atoms with Gasteiger partial charge in [0.1, 0.15) is 12.1 Å². The van der Waals surface area contributed by atoms with Crippen LogP contribution in [0.1, 0.15) is 18.9 Å². The van der Waals surface area contributed by atoms with Crippen LogP contribution >= 0.6 is 0 Å². The molecule has 2 unspecified atom stereocenters. The molecule has 2 rings (SSSR count). The number of methoxy groups -OCH3 is 1. The van der Waals surface area contributed by atoms with Crippen molar-refractivity contribution < 1.29 is 24.2 Å². The number of rotatable bonds is 3. The Labute approximate surface area is 123 Å². The van der Waals surface area contributed by atoms with Gasteiger partial charge in [0.2, 0.25) is 0 Å². The van der Waals surface area contributed by atoms with E-state index in [2.05, 4.69) is 0 Å². The molecule has 21 heavy (non-hydrogen) atoms. The molecule has 0 bridgehead atoms. The van der Waals surface area contributed by atoms with E-state index in [1.54, 1.807) is 6.92 Å². The molecule has 1 aliphatic heterocycles. The monoisotopic (exact) mass is 293 g/mol. The van der Waals surface area contributed by atoms with Crippen molar-refractivity contribution in [1.82, 2.24) is 4.90 Å². The SMILES string of the molecule is COC(=O)C1(C)CC(O)CN1C(=O)OCc1ccccc1. The van der Waals surface area contributed by atoms with Gasteiger partial charge in [0.05, 0.1) is 19.8 Å². The van der Waals surface area contributed by atoms with Crippen molar-refractivity contribution in [3.05, 3.63) is 35.9 Å².